The standard InChI is InChI=1S/C2H6O.2Na.H3O4P/c1-2-3;;;1-5(2,3)4/h3H,2H2,1H3;;;(H3,1,2,3,4)/q;2*+1;/p-2. The molecule has 0 aromatic rings. The van der Waals surface area contributed by atoms with Crippen LogP contribution in [0.1, 0.15) is 6.92 Å². The molecule has 0 bridgehead atoms. The molecule has 0 saturated carbocycles. The maximum absolute atomic E-state index is 8.66. The van der Waals surface area contributed by atoms with Gasteiger partial charge in [0, 0.05) is 6.61 Å². The largest absolute Gasteiger partial charge is 1.00 e. The predicted molar refractivity (Wildman–Crippen MR) is 22.6 cm³/mol. The first-order chi connectivity index (χ1) is 3.41. The van der Waals surface area contributed by atoms with Gasteiger partial charge in [0.25, 0.3) is 0 Å². The fraction of sp³-hybridized carbons (Fsp3) is 1.00. The number of hydrogen-bond acceptors (Lipinski definition) is 4. The molecule has 2 N–H and O–H groups in total. The van der Waals surface area contributed by atoms with Crippen LogP contribution < -0.4 is 68.9 Å². The topological polar surface area (TPSA) is 104 Å². The number of aliphatic hydroxyl groups is 1. The van der Waals surface area contributed by atoms with Crippen molar-refractivity contribution in [3.63, 3.8) is 0 Å². The smallest absolute Gasteiger partial charge is 0.790 e. The molecule has 0 heterocycles. The third-order valence-corrected chi connectivity index (χ3v) is 0. The van der Waals surface area contributed by atoms with Gasteiger partial charge in [-0.3, -0.25) is 0 Å². The molecule has 0 aromatic carbocycles. The van der Waals surface area contributed by atoms with Crippen LogP contribution in [0.2, 0.25) is 0 Å². The minimum Gasteiger partial charge on any atom is -0.790 e. The van der Waals surface area contributed by atoms with Crippen molar-refractivity contribution in [2.24, 2.45) is 0 Å². The molecule has 0 rings (SSSR count). The number of aliphatic hydroxyl groups excluding tert-OH is 1. The van der Waals surface area contributed by atoms with E-state index in [9.17, 15) is 0 Å². The van der Waals surface area contributed by atoms with Crippen LogP contribution >= 0.6 is 7.82 Å². The maximum atomic E-state index is 8.66. The van der Waals surface area contributed by atoms with E-state index in [-0.39, 0.29) is 65.7 Å². The number of phosphoric acid groups is 1. The second-order valence-corrected chi connectivity index (χ2v) is 1.72. The summed E-state index contributed by atoms with van der Waals surface area (Å²) in [7, 11) is -5.14. The first-order valence-corrected chi connectivity index (χ1v) is 3.27. The van der Waals surface area contributed by atoms with E-state index in [0.717, 1.165) is 0 Å². The van der Waals surface area contributed by atoms with Gasteiger partial charge in [0.15, 0.2) is 0 Å². The Kier molecular flexibility index (Phi) is 31.0. The Balaban J connectivity index is -0.0000000326. The van der Waals surface area contributed by atoms with Crippen molar-refractivity contribution in [2.45, 2.75) is 6.92 Å². The van der Waals surface area contributed by atoms with E-state index in [0.29, 0.717) is 0 Å². The van der Waals surface area contributed by atoms with Gasteiger partial charge in [-0.2, -0.15) is 0 Å². The first kappa shape index (κ1) is 22.7. The molecule has 0 radical (unpaired) electrons. The van der Waals surface area contributed by atoms with E-state index >= 15 is 0 Å². The van der Waals surface area contributed by atoms with E-state index in [4.69, 9.17) is 24.4 Å². The summed E-state index contributed by atoms with van der Waals surface area (Å²) < 4.78 is 8.66. The molecule has 5 nitrogen and oxygen atoms in total. The van der Waals surface area contributed by atoms with E-state index < -0.39 is 7.82 Å². The van der Waals surface area contributed by atoms with Crippen molar-refractivity contribution in [3.8, 4) is 0 Å². The van der Waals surface area contributed by atoms with Crippen LogP contribution in [0.15, 0.2) is 0 Å². The quantitative estimate of drug-likeness (QED) is 0.290. The SMILES string of the molecule is CCO.O=P([O-])([O-])O.[Na+].[Na+]. The monoisotopic (exact) mass is 188 g/mol. The van der Waals surface area contributed by atoms with Crippen LogP contribution in [0.5, 0.6) is 0 Å². The molecule has 52 valence electrons. The van der Waals surface area contributed by atoms with Crippen molar-refractivity contribution in [2.75, 3.05) is 6.61 Å². The molecular weight excluding hydrogens is 181 g/mol. The summed E-state index contributed by atoms with van der Waals surface area (Å²) in [5, 5.41) is 7.57. The summed E-state index contributed by atoms with van der Waals surface area (Å²) in [5.41, 5.74) is 0. The van der Waals surface area contributed by atoms with E-state index in [1.54, 1.807) is 6.92 Å². The van der Waals surface area contributed by atoms with Gasteiger partial charge in [-0.15, -0.1) is 0 Å². The molecule has 0 spiro atoms. The Bertz CT molecular complexity index is 73.5. The Morgan fingerprint density at radius 3 is 1.40 bits per heavy atom. The molecule has 8 heteroatoms. The third-order valence-electron chi connectivity index (χ3n) is 0. The molecule has 0 unspecified atom stereocenters. The van der Waals surface area contributed by atoms with Crippen molar-refractivity contribution >= 4 is 7.82 Å². The molecule has 0 saturated heterocycles. The van der Waals surface area contributed by atoms with Crippen molar-refractivity contribution < 1.29 is 83.5 Å². The van der Waals surface area contributed by atoms with Gasteiger partial charge in [-0.25, -0.2) is 0 Å². The van der Waals surface area contributed by atoms with Crippen LogP contribution in [0, 0.1) is 0 Å². The second-order valence-electron chi connectivity index (χ2n) is 0.785. The Labute approximate surface area is 104 Å². The normalized spacial score (nSPS) is 7.70. The summed E-state index contributed by atoms with van der Waals surface area (Å²) in [5.74, 6) is 0. The second kappa shape index (κ2) is 13.6. The zero-order valence-corrected chi connectivity index (χ0v) is 11.2. The zero-order chi connectivity index (χ0) is 7.21. The first-order valence-electron chi connectivity index (χ1n) is 1.77. The number of hydrogen-bond donors (Lipinski definition) is 2. The van der Waals surface area contributed by atoms with E-state index in [1.165, 1.54) is 0 Å². The molecule has 10 heavy (non-hydrogen) atoms. The molecule has 0 atom stereocenters. The molecule has 0 fully saturated rings. The van der Waals surface area contributed by atoms with Gasteiger partial charge in [-0.05, 0) is 6.92 Å². The Morgan fingerprint density at radius 1 is 1.40 bits per heavy atom. The van der Waals surface area contributed by atoms with Crippen LogP contribution in [-0.2, 0) is 4.57 Å². The molecule has 0 aliphatic carbocycles. The fourth-order valence-electron chi connectivity index (χ4n) is 0. The Morgan fingerprint density at radius 2 is 1.40 bits per heavy atom. The van der Waals surface area contributed by atoms with Crippen molar-refractivity contribution in [1.82, 2.24) is 0 Å². The average molecular weight is 188 g/mol. The summed E-state index contributed by atoms with van der Waals surface area (Å²) in [6, 6.07) is 0. The maximum Gasteiger partial charge on any atom is 1.00 e. The van der Waals surface area contributed by atoms with Crippen LogP contribution in [0.3, 0.4) is 0 Å². The molecule has 0 aliphatic heterocycles. The van der Waals surface area contributed by atoms with Crippen LogP contribution in [-0.4, -0.2) is 16.6 Å². The third kappa shape index (κ3) is 193. The summed E-state index contributed by atoms with van der Waals surface area (Å²) in [6.45, 7) is 1.93. The minimum atomic E-state index is -5.14. The van der Waals surface area contributed by atoms with E-state index in [2.05, 4.69) is 0 Å². The molecular formula is C2H7Na2O5P. The summed E-state index contributed by atoms with van der Waals surface area (Å²) >= 11 is 0. The molecule has 0 aliphatic rings. The zero-order valence-electron chi connectivity index (χ0n) is 6.27. The number of rotatable bonds is 0. The molecule has 0 amide bonds. The van der Waals surface area contributed by atoms with Gasteiger partial charge in [0.1, 0.15) is 0 Å². The fourth-order valence-corrected chi connectivity index (χ4v) is 0. The van der Waals surface area contributed by atoms with Gasteiger partial charge < -0.3 is 24.4 Å². The van der Waals surface area contributed by atoms with E-state index in [1.807, 2.05) is 0 Å². The molecule has 0 aromatic heterocycles. The van der Waals surface area contributed by atoms with Crippen LogP contribution in [0.25, 0.3) is 0 Å². The van der Waals surface area contributed by atoms with Crippen molar-refractivity contribution in [1.29, 1.82) is 0 Å². The Hall–Kier alpha value is 2.07. The van der Waals surface area contributed by atoms with Gasteiger partial charge in [0.05, 0.1) is 7.82 Å². The van der Waals surface area contributed by atoms with Gasteiger partial charge >= 0.3 is 59.1 Å². The average Bonchev–Trinajstić information content (AvgIpc) is 1.27. The van der Waals surface area contributed by atoms with Gasteiger partial charge in [0.2, 0.25) is 0 Å². The summed E-state index contributed by atoms with van der Waals surface area (Å²) in [4.78, 5) is 24.3. The van der Waals surface area contributed by atoms with Gasteiger partial charge in [-0.1, -0.05) is 0 Å². The minimum absolute atomic E-state index is 0. The van der Waals surface area contributed by atoms with Crippen LogP contribution in [0.4, 0.5) is 0 Å². The summed E-state index contributed by atoms with van der Waals surface area (Å²) in [6.07, 6.45) is 0. The predicted octanol–water partition coefficient (Wildman–Crippen LogP) is -8.19. The van der Waals surface area contributed by atoms with Crippen molar-refractivity contribution in [3.05, 3.63) is 0 Å².